The summed E-state index contributed by atoms with van der Waals surface area (Å²) in [4.78, 5) is 12.9. The van der Waals surface area contributed by atoms with Crippen molar-refractivity contribution in [3.63, 3.8) is 0 Å². The van der Waals surface area contributed by atoms with Crippen LogP contribution in [0.15, 0.2) is 66.2 Å². The molecule has 3 aromatic carbocycles. The molecule has 2 aliphatic rings. The van der Waals surface area contributed by atoms with Crippen molar-refractivity contribution in [2.45, 2.75) is 25.3 Å². The highest BCUT2D eigenvalue weighted by Crippen LogP contribution is 2.47. The molecule has 0 amide bonds. The maximum absolute atomic E-state index is 12.9. The van der Waals surface area contributed by atoms with Crippen molar-refractivity contribution in [2.24, 2.45) is 0 Å². The summed E-state index contributed by atoms with van der Waals surface area (Å²) < 4.78 is 0. The van der Waals surface area contributed by atoms with Crippen molar-refractivity contribution in [3.8, 4) is 0 Å². The van der Waals surface area contributed by atoms with E-state index in [0.717, 1.165) is 29.7 Å². The van der Waals surface area contributed by atoms with Crippen LogP contribution in [-0.2, 0) is 4.79 Å². The zero-order valence-electron chi connectivity index (χ0n) is 14.3. The van der Waals surface area contributed by atoms with Crippen molar-refractivity contribution in [3.05, 3.63) is 82.4 Å². The first-order chi connectivity index (χ1) is 12.7. The largest absolute Gasteiger partial charge is 0.373 e. The number of Topliss-reactive ketones (excluding diaryl/α,β-unsaturated/α-hetero) is 1. The molecule has 1 N–H and O–H groups in total. The average Bonchev–Trinajstić information content (AvgIpc) is 2.68. The third-order valence-electron chi connectivity index (χ3n) is 5.48. The van der Waals surface area contributed by atoms with Crippen LogP contribution >= 0.6 is 11.6 Å². The fourth-order valence-electron chi connectivity index (χ4n) is 4.31. The third-order valence-corrected chi connectivity index (χ3v) is 5.73. The van der Waals surface area contributed by atoms with Gasteiger partial charge in [-0.1, -0.05) is 54.1 Å². The SMILES string of the molecule is O=C1CCCC2=C1[C@H](c1ccc(Cl)cc1)Nc1ccc3ccccc3c12. The molecule has 1 aliphatic heterocycles. The van der Waals surface area contributed by atoms with E-state index in [1.165, 1.54) is 21.9 Å². The van der Waals surface area contributed by atoms with Crippen LogP contribution in [0.2, 0.25) is 5.02 Å². The topological polar surface area (TPSA) is 29.1 Å². The van der Waals surface area contributed by atoms with Crippen molar-refractivity contribution in [1.82, 2.24) is 0 Å². The van der Waals surface area contributed by atoms with Gasteiger partial charge < -0.3 is 5.32 Å². The lowest BCUT2D eigenvalue weighted by Gasteiger charge is -2.35. The third kappa shape index (κ3) is 2.37. The number of hydrogen-bond acceptors (Lipinski definition) is 2. The Bertz CT molecular complexity index is 1070. The number of anilines is 1. The molecule has 0 spiro atoms. The first-order valence-corrected chi connectivity index (χ1v) is 9.40. The van der Waals surface area contributed by atoms with Crippen LogP contribution in [0.25, 0.3) is 16.3 Å². The van der Waals surface area contributed by atoms with Crippen LogP contribution in [0.4, 0.5) is 5.69 Å². The van der Waals surface area contributed by atoms with Gasteiger partial charge in [0.1, 0.15) is 0 Å². The summed E-state index contributed by atoms with van der Waals surface area (Å²) in [5.74, 6) is 0.261. The summed E-state index contributed by atoms with van der Waals surface area (Å²) in [6.07, 6.45) is 2.51. The van der Waals surface area contributed by atoms with Gasteiger partial charge in [0.05, 0.1) is 6.04 Å². The van der Waals surface area contributed by atoms with Crippen LogP contribution in [0.5, 0.6) is 0 Å². The molecule has 0 bridgehead atoms. The van der Waals surface area contributed by atoms with E-state index in [9.17, 15) is 4.79 Å². The number of carbonyl (C=O) groups excluding carboxylic acids is 1. The molecule has 26 heavy (non-hydrogen) atoms. The number of allylic oxidation sites excluding steroid dienone is 1. The Morgan fingerprint density at radius 1 is 0.923 bits per heavy atom. The molecule has 0 fully saturated rings. The van der Waals surface area contributed by atoms with Gasteiger partial charge in [-0.2, -0.15) is 0 Å². The monoisotopic (exact) mass is 359 g/mol. The molecular weight excluding hydrogens is 342 g/mol. The van der Waals surface area contributed by atoms with Crippen molar-refractivity contribution >= 4 is 39.4 Å². The molecule has 0 saturated carbocycles. The second kappa shape index (κ2) is 6.00. The highest BCUT2D eigenvalue weighted by molar-refractivity contribution is 6.30. The number of halogens is 1. The number of nitrogens with one attached hydrogen (secondary N) is 1. The van der Waals surface area contributed by atoms with Gasteiger partial charge in [-0.05, 0) is 52.9 Å². The van der Waals surface area contributed by atoms with E-state index in [4.69, 9.17) is 11.6 Å². The van der Waals surface area contributed by atoms with E-state index in [0.29, 0.717) is 11.4 Å². The van der Waals surface area contributed by atoms with Crippen LogP contribution in [0.3, 0.4) is 0 Å². The van der Waals surface area contributed by atoms with Crippen molar-refractivity contribution in [1.29, 1.82) is 0 Å². The highest BCUT2D eigenvalue weighted by atomic mass is 35.5. The molecule has 3 heteroatoms. The lowest BCUT2D eigenvalue weighted by Crippen LogP contribution is -2.27. The Labute approximate surface area is 157 Å². The van der Waals surface area contributed by atoms with Crippen LogP contribution in [-0.4, -0.2) is 5.78 Å². The molecular formula is C23H18ClNO. The molecule has 0 aromatic heterocycles. The summed E-state index contributed by atoms with van der Waals surface area (Å²) in [6.45, 7) is 0. The molecule has 1 heterocycles. The van der Waals surface area contributed by atoms with Crippen LogP contribution < -0.4 is 5.32 Å². The van der Waals surface area contributed by atoms with Crippen molar-refractivity contribution in [2.75, 3.05) is 5.32 Å². The van der Waals surface area contributed by atoms with Gasteiger partial charge in [-0.25, -0.2) is 0 Å². The minimum atomic E-state index is -0.108. The van der Waals surface area contributed by atoms with E-state index >= 15 is 0 Å². The summed E-state index contributed by atoms with van der Waals surface area (Å²) in [5.41, 5.74) is 5.54. The van der Waals surface area contributed by atoms with Gasteiger partial charge >= 0.3 is 0 Å². The first kappa shape index (κ1) is 15.7. The highest BCUT2D eigenvalue weighted by Gasteiger charge is 2.34. The lowest BCUT2D eigenvalue weighted by atomic mass is 9.77. The standard InChI is InChI=1S/C23H18ClNO/c24-16-11-8-15(9-12-16)23-22-18(6-3-7-20(22)26)21-17-5-2-1-4-14(17)10-13-19(21)25-23/h1-2,4-5,8-13,23,25H,3,6-7H2/t23-/m0/s1. The normalized spacial score (nSPS) is 19.1. The van der Waals surface area contributed by atoms with Gasteiger partial charge in [-0.15, -0.1) is 0 Å². The second-order valence-electron chi connectivity index (χ2n) is 7.01. The predicted molar refractivity (Wildman–Crippen MR) is 108 cm³/mol. The maximum Gasteiger partial charge on any atom is 0.161 e. The minimum absolute atomic E-state index is 0.108. The lowest BCUT2D eigenvalue weighted by molar-refractivity contribution is -0.116. The quantitative estimate of drug-likeness (QED) is 0.563. The minimum Gasteiger partial charge on any atom is -0.373 e. The zero-order chi connectivity index (χ0) is 17.7. The molecule has 0 saturated heterocycles. The number of fused-ring (bicyclic) bond motifs is 4. The number of hydrogen-bond donors (Lipinski definition) is 1. The number of carbonyl (C=O) groups is 1. The number of ketones is 1. The number of rotatable bonds is 1. The molecule has 5 rings (SSSR count). The van der Waals surface area contributed by atoms with Crippen LogP contribution in [0, 0.1) is 0 Å². The predicted octanol–water partition coefficient (Wildman–Crippen LogP) is 6.17. The van der Waals surface area contributed by atoms with Gasteiger partial charge in [0.2, 0.25) is 0 Å². The number of benzene rings is 3. The van der Waals surface area contributed by atoms with E-state index in [1.807, 2.05) is 24.3 Å². The fourth-order valence-corrected chi connectivity index (χ4v) is 4.43. The molecule has 0 radical (unpaired) electrons. The molecule has 128 valence electrons. The Morgan fingerprint density at radius 2 is 1.73 bits per heavy atom. The maximum atomic E-state index is 12.9. The molecule has 0 unspecified atom stereocenters. The van der Waals surface area contributed by atoms with E-state index in [2.05, 4.69) is 41.7 Å². The van der Waals surface area contributed by atoms with Crippen molar-refractivity contribution < 1.29 is 4.79 Å². The summed E-state index contributed by atoms with van der Waals surface area (Å²) >= 11 is 6.06. The molecule has 3 aromatic rings. The van der Waals surface area contributed by atoms with E-state index in [-0.39, 0.29) is 11.8 Å². The summed E-state index contributed by atoms with van der Waals surface area (Å²) in [6, 6.07) is 20.4. The molecule has 1 atom stereocenters. The summed E-state index contributed by atoms with van der Waals surface area (Å²) in [5, 5.41) is 6.77. The Balaban J connectivity index is 1.78. The van der Waals surface area contributed by atoms with Gasteiger partial charge in [0.25, 0.3) is 0 Å². The Kier molecular flexibility index (Phi) is 3.61. The van der Waals surface area contributed by atoms with Gasteiger partial charge in [0.15, 0.2) is 5.78 Å². The Morgan fingerprint density at radius 3 is 2.58 bits per heavy atom. The fraction of sp³-hybridized carbons (Fsp3) is 0.174. The molecule has 1 aliphatic carbocycles. The van der Waals surface area contributed by atoms with E-state index in [1.54, 1.807) is 0 Å². The van der Waals surface area contributed by atoms with Crippen LogP contribution in [0.1, 0.15) is 36.4 Å². The zero-order valence-corrected chi connectivity index (χ0v) is 15.0. The summed E-state index contributed by atoms with van der Waals surface area (Å²) in [7, 11) is 0. The Hall–Kier alpha value is -2.58. The molecule has 2 nitrogen and oxygen atoms in total. The smallest absolute Gasteiger partial charge is 0.161 e. The van der Waals surface area contributed by atoms with E-state index < -0.39 is 0 Å². The average molecular weight is 360 g/mol. The van der Waals surface area contributed by atoms with Gasteiger partial charge in [0, 0.05) is 28.3 Å². The first-order valence-electron chi connectivity index (χ1n) is 9.03. The van der Waals surface area contributed by atoms with Gasteiger partial charge in [-0.3, -0.25) is 4.79 Å². The second-order valence-corrected chi connectivity index (χ2v) is 7.44.